The summed E-state index contributed by atoms with van der Waals surface area (Å²) in [5.74, 6) is 4.39. The lowest BCUT2D eigenvalue weighted by Crippen LogP contribution is -2.40. The first kappa shape index (κ1) is 21.7. The molecular weight excluding hydrogens is 376 g/mol. The molecule has 2 saturated heterocycles. The largest absolute Gasteiger partial charge is 0.493 e. The normalized spacial score (nSPS) is 20.1. The van der Waals surface area contributed by atoms with Crippen LogP contribution in [0, 0.1) is 5.92 Å². The van der Waals surface area contributed by atoms with Crippen LogP contribution in [0.15, 0.2) is 18.2 Å². The van der Waals surface area contributed by atoms with Crippen LogP contribution in [0.25, 0.3) is 0 Å². The van der Waals surface area contributed by atoms with Crippen LogP contribution in [0.1, 0.15) is 18.4 Å². The summed E-state index contributed by atoms with van der Waals surface area (Å²) >= 11 is 1.97. The lowest BCUT2D eigenvalue weighted by atomic mass is 10.0. The minimum absolute atomic E-state index is 0.279. The first-order valence-electron chi connectivity index (χ1n) is 10.3. The number of aliphatic hydroxyl groups is 1. The van der Waals surface area contributed by atoms with Gasteiger partial charge in [0, 0.05) is 50.9 Å². The highest BCUT2D eigenvalue weighted by Gasteiger charge is 2.16. The molecule has 28 heavy (non-hydrogen) atoms. The summed E-state index contributed by atoms with van der Waals surface area (Å²) < 4.78 is 16.8. The van der Waals surface area contributed by atoms with Crippen molar-refractivity contribution in [3.05, 3.63) is 23.8 Å². The molecule has 0 amide bonds. The molecule has 2 fully saturated rings. The second-order valence-corrected chi connectivity index (χ2v) is 8.77. The number of methoxy groups -OCH3 is 1. The second kappa shape index (κ2) is 11.9. The second-order valence-electron chi connectivity index (χ2n) is 7.55. The lowest BCUT2D eigenvalue weighted by molar-refractivity contribution is 0.0662. The Morgan fingerprint density at radius 2 is 2.04 bits per heavy atom. The molecule has 0 saturated carbocycles. The molecule has 2 N–H and O–H groups in total. The molecule has 0 spiro atoms. The van der Waals surface area contributed by atoms with Gasteiger partial charge in [-0.05, 0) is 43.0 Å². The molecule has 2 heterocycles. The van der Waals surface area contributed by atoms with Gasteiger partial charge in [-0.1, -0.05) is 6.07 Å². The summed E-state index contributed by atoms with van der Waals surface area (Å²) in [7, 11) is 1.66. The van der Waals surface area contributed by atoms with Crippen molar-refractivity contribution >= 4 is 11.8 Å². The fourth-order valence-electron chi connectivity index (χ4n) is 3.63. The van der Waals surface area contributed by atoms with Crippen LogP contribution in [0.4, 0.5) is 0 Å². The average molecular weight is 411 g/mol. The number of hydrogen-bond acceptors (Lipinski definition) is 7. The molecular formula is C21H34N2O4S. The summed E-state index contributed by atoms with van der Waals surface area (Å²) in [6.07, 6.45) is 1.79. The molecule has 0 radical (unpaired) electrons. The highest BCUT2D eigenvalue weighted by molar-refractivity contribution is 7.99. The Morgan fingerprint density at radius 1 is 1.25 bits per heavy atom. The van der Waals surface area contributed by atoms with Gasteiger partial charge in [-0.2, -0.15) is 11.8 Å². The molecule has 2 aliphatic rings. The van der Waals surface area contributed by atoms with Crippen molar-refractivity contribution in [1.29, 1.82) is 0 Å². The van der Waals surface area contributed by atoms with Gasteiger partial charge in [-0.3, -0.25) is 4.90 Å². The molecule has 0 aromatic heterocycles. The zero-order chi connectivity index (χ0) is 19.6. The van der Waals surface area contributed by atoms with Crippen molar-refractivity contribution in [2.24, 2.45) is 5.92 Å². The summed E-state index contributed by atoms with van der Waals surface area (Å²) in [4.78, 5) is 2.30. The van der Waals surface area contributed by atoms with Crippen LogP contribution in [0.3, 0.4) is 0 Å². The van der Waals surface area contributed by atoms with Gasteiger partial charge in [-0.25, -0.2) is 0 Å². The zero-order valence-corrected chi connectivity index (χ0v) is 17.7. The summed E-state index contributed by atoms with van der Waals surface area (Å²) in [5, 5.41) is 13.8. The van der Waals surface area contributed by atoms with Crippen LogP contribution in [0.2, 0.25) is 0 Å². The van der Waals surface area contributed by atoms with Gasteiger partial charge in [-0.15, -0.1) is 0 Å². The van der Waals surface area contributed by atoms with Gasteiger partial charge in [0.15, 0.2) is 11.5 Å². The smallest absolute Gasteiger partial charge is 0.161 e. The molecule has 0 bridgehead atoms. The predicted molar refractivity (Wildman–Crippen MR) is 114 cm³/mol. The number of hydrogen-bond donors (Lipinski definition) is 2. The number of β-amino-alcohol motifs (C(OH)–C–C–N with tert-alkyl or cyclic N) is 1. The van der Waals surface area contributed by atoms with Crippen molar-refractivity contribution in [2.45, 2.75) is 25.5 Å². The minimum Gasteiger partial charge on any atom is -0.493 e. The summed E-state index contributed by atoms with van der Waals surface area (Å²) in [6, 6.07) is 6.01. The van der Waals surface area contributed by atoms with E-state index in [1.165, 1.54) is 5.56 Å². The van der Waals surface area contributed by atoms with Gasteiger partial charge in [0.1, 0.15) is 12.7 Å². The van der Waals surface area contributed by atoms with E-state index in [1.54, 1.807) is 7.11 Å². The Kier molecular flexibility index (Phi) is 9.21. The zero-order valence-electron chi connectivity index (χ0n) is 16.9. The number of nitrogens with zero attached hydrogens (tertiary/aromatic N) is 1. The Morgan fingerprint density at radius 3 is 2.79 bits per heavy atom. The molecule has 0 aliphatic carbocycles. The van der Waals surface area contributed by atoms with E-state index in [9.17, 15) is 5.11 Å². The maximum Gasteiger partial charge on any atom is 0.161 e. The third kappa shape index (κ3) is 7.12. The van der Waals surface area contributed by atoms with Crippen LogP contribution in [0.5, 0.6) is 11.5 Å². The van der Waals surface area contributed by atoms with Crippen LogP contribution < -0.4 is 14.8 Å². The monoisotopic (exact) mass is 410 g/mol. The number of benzene rings is 1. The molecule has 0 unspecified atom stereocenters. The quantitative estimate of drug-likeness (QED) is 0.612. The number of ether oxygens (including phenoxy) is 3. The first-order chi connectivity index (χ1) is 13.7. The number of rotatable bonds is 10. The standard InChI is InChI=1S/C21H34N2O4S/c1-25-21-12-18(14-22-13-17-4-8-26-9-5-17)2-3-20(21)27-16-19(24)15-23-6-10-28-11-7-23/h2-3,12,17,19,22,24H,4-11,13-16H2,1H3/t19-/m0/s1. The van der Waals surface area contributed by atoms with E-state index in [2.05, 4.69) is 16.3 Å². The Balaban J connectivity index is 1.42. The minimum atomic E-state index is -0.492. The van der Waals surface area contributed by atoms with Gasteiger partial charge in [0.05, 0.1) is 7.11 Å². The SMILES string of the molecule is COc1cc(CNCC2CCOCC2)ccc1OC[C@@H](O)CN1CCSCC1. The van der Waals surface area contributed by atoms with E-state index < -0.39 is 6.10 Å². The summed E-state index contributed by atoms with van der Waals surface area (Å²) in [6.45, 7) is 6.62. The van der Waals surface area contributed by atoms with Gasteiger partial charge >= 0.3 is 0 Å². The maximum atomic E-state index is 10.3. The topological polar surface area (TPSA) is 63.2 Å². The average Bonchev–Trinajstić information content (AvgIpc) is 2.74. The molecule has 1 aromatic carbocycles. The lowest BCUT2D eigenvalue weighted by Gasteiger charge is -2.28. The van der Waals surface area contributed by atoms with Crippen molar-refractivity contribution in [3.8, 4) is 11.5 Å². The van der Waals surface area contributed by atoms with Crippen LogP contribution >= 0.6 is 11.8 Å². The van der Waals surface area contributed by atoms with Gasteiger partial charge in [0.2, 0.25) is 0 Å². The molecule has 7 heteroatoms. The van der Waals surface area contributed by atoms with E-state index in [0.29, 0.717) is 24.0 Å². The van der Waals surface area contributed by atoms with Crippen molar-refractivity contribution in [1.82, 2.24) is 10.2 Å². The Bertz CT molecular complexity index is 578. The van der Waals surface area contributed by atoms with Crippen molar-refractivity contribution < 1.29 is 19.3 Å². The van der Waals surface area contributed by atoms with E-state index in [4.69, 9.17) is 14.2 Å². The van der Waals surface area contributed by atoms with E-state index in [-0.39, 0.29) is 6.61 Å². The maximum absolute atomic E-state index is 10.3. The third-order valence-corrected chi connectivity index (χ3v) is 6.28. The van der Waals surface area contributed by atoms with Gasteiger partial charge in [0.25, 0.3) is 0 Å². The number of aliphatic hydroxyl groups excluding tert-OH is 1. The van der Waals surface area contributed by atoms with Gasteiger partial charge < -0.3 is 24.6 Å². The Labute approximate surface area is 172 Å². The van der Waals surface area contributed by atoms with E-state index in [1.807, 2.05) is 23.9 Å². The molecule has 158 valence electrons. The highest BCUT2D eigenvalue weighted by Crippen LogP contribution is 2.28. The predicted octanol–water partition coefficient (Wildman–Crippen LogP) is 2.00. The molecule has 1 aromatic rings. The van der Waals surface area contributed by atoms with Crippen molar-refractivity contribution in [2.75, 3.05) is 64.6 Å². The highest BCUT2D eigenvalue weighted by atomic mass is 32.2. The Hall–Kier alpha value is -0.990. The number of thioether (sulfide) groups is 1. The first-order valence-corrected chi connectivity index (χ1v) is 11.5. The van der Waals surface area contributed by atoms with Crippen molar-refractivity contribution in [3.63, 3.8) is 0 Å². The fraction of sp³-hybridized carbons (Fsp3) is 0.714. The van der Waals surface area contributed by atoms with Crippen LogP contribution in [-0.4, -0.2) is 80.7 Å². The molecule has 1 atom stereocenters. The van der Waals surface area contributed by atoms with E-state index >= 15 is 0 Å². The fourth-order valence-corrected chi connectivity index (χ4v) is 4.61. The van der Waals surface area contributed by atoms with Crippen LogP contribution in [-0.2, 0) is 11.3 Å². The number of nitrogens with one attached hydrogen (secondary N) is 1. The molecule has 6 nitrogen and oxygen atoms in total. The van der Waals surface area contributed by atoms with E-state index in [0.717, 1.165) is 63.7 Å². The molecule has 2 aliphatic heterocycles. The molecule has 3 rings (SSSR count). The third-order valence-electron chi connectivity index (χ3n) is 5.33. The summed E-state index contributed by atoms with van der Waals surface area (Å²) in [5.41, 5.74) is 1.17.